The van der Waals surface area contributed by atoms with Crippen molar-refractivity contribution < 1.29 is 4.79 Å². The van der Waals surface area contributed by atoms with Gasteiger partial charge in [0.25, 0.3) is 5.91 Å². The van der Waals surface area contributed by atoms with Crippen LogP contribution >= 0.6 is 0 Å². The van der Waals surface area contributed by atoms with Crippen LogP contribution in [0.15, 0.2) is 30.5 Å². The smallest absolute Gasteiger partial charge is 0.274 e. The van der Waals surface area contributed by atoms with E-state index in [0.717, 1.165) is 57.8 Å². The van der Waals surface area contributed by atoms with Crippen molar-refractivity contribution in [3.8, 4) is 0 Å². The molecule has 1 unspecified atom stereocenters. The predicted molar refractivity (Wildman–Crippen MR) is 102 cm³/mol. The normalized spacial score (nSPS) is 20.4. The second-order valence-electron chi connectivity index (χ2n) is 7.49. The number of aryl methyl sites for hydroxylation is 1. The van der Waals surface area contributed by atoms with E-state index in [2.05, 4.69) is 47.6 Å². The number of carbonyl (C=O) groups excluding carboxylic acids is 1. The fourth-order valence-electron chi connectivity index (χ4n) is 4.05. The molecule has 0 saturated carbocycles. The van der Waals surface area contributed by atoms with Crippen molar-refractivity contribution in [1.82, 2.24) is 19.4 Å². The SMILES string of the molecule is CCc1ccc(CN2CCn3cc(C(=O)N4CCCC4)nc3C2C)cc1. The molecule has 26 heavy (non-hydrogen) atoms. The molecule has 1 saturated heterocycles. The molecule has 0 N–H and O–H groups in total. The minimum atomic E-state index is 0.0957. The summed E-state index contributed by atoms with van der Waals surface area (Å²) >= 11 is 0. The van der Waals surface area contributed by atoms with Crippen LogP contribution in [0.4, 0.5) is 0 Å². The van der Waals surface area contributed by atoms with Crippen molar-refractivity contribution in [2.75, 3.05) is 19.6 Å². The molecule has 2 aliphatic heterocycles. The van der Waals surface area contributed by atoms with Gasteiger partial charge in [-0.25, -0.2) is 4.98 Å². The third-order valence-corrected chi connectivity index (χ3v) is 5.79. The van der Waals surface area contributed by atoms with Gasteiger partial charge in [-0.05, 0) is 37.3 Å². The van der Waals surface area contributed by atoms with Gasteiger partial charge in [-0.15, -0.1) is 0 Å². The fourth-order valence-corrected chi connectivity index (χ4v) is 4.05. The van der Waals surface area contributed by atoms with E-state index < -0.39 is 0 Å². The number of carbonyl (C=O) groups is 1. The molecule has 5 nitrogen and oxygen atoms in total. The molecule has 5 heteroatoms. The molecular formula is C21H28N4O. The molecule has 138 valence electrons. The number of amides is 1. The lowest BCUT2D eigenvalue weighted by molar-refractivity contribution is 0.0787. The predicted octanol–water partition coefficient (Wildman–Crippen LogP) is 3.26. The van der Waals surface area contributed by atoms with Crippen molar-refractivity contribution in [2.45, 2.75) is 52.2 Å². The number of hydrogen-bond donors (Lipinski definition) is 0. The average Bonchev–Trinajstić information content (AvgIpc) is 3.34. The molecule has 1 fully saturated rings. The van der Waals surface area contributed by atoms with Crippen LogP contribution in [-0.2, 0) is 19.5 Å². The number of imidazole rings is 1. The number of fused-ring (bicyclic) bond motifs is 1. The lowest BCUT2D eigenvalue weighted by Crippen LogP contribution is -2.36. The second-order valence-corrected chi connectivity index (χ2v) is 7.49. The van der Waals surface area contributed by atoms with Crippen molar-refractivity contribution in [1.29, 1.82) is 0 Å². The van der Waals surface area contributed by atoms with E-state index >= 15 is 0 Å². The molecule has 1 aromatic carbocycles. The summed E-state index contributed by atoms with van der Waals surface area (Å²) in [6, 6.07) is 9.12. The first-order valence-electron chi connectivity index (χ1n) is 9.84. The van der Waals surface area contributed by atoms with Gasteiger partial charge >= 0.3 is 0 Å². The molecule has 0 spiro atoms. The van der Waals surface area contributed by atoms with Gasteiger partial charge in [-0.2, -0.15) is 0 Å². The largest absolute Gasteiger partial charge is 0.337 e. The summed E-state index contributed by atoms with van der Waals surface area (Å²) in [4.78, 5) is 21.8. The first-order chi connectivity index (χ1) is 12.7. The van der Waals surface area contributed by atoms with Crippen LogP contribution in [0.5, 0.6) is 0 Å². The lowest BCUT2D eigenvalue weighted by atomic mass is 10.1. The highest BCUT2D eigenvalue weighted by Gasteiger charge is 2.29. The van der Waals surface area contributed by atoms with Gasteiger partial charge in [0.1, 0.15) is 11.5 Å². The molecule has 2 aliphatic rings. The first kappa shape index (κ1) is 17.3. The molecule has 1 aromatic heterocycles. The highest BCUT2D eigenvalue weighted by atomic mass is 16.2. The van der Waals surface area contributed by atoms with Gasteiger partial charge in [0.2, 0.25) is 0 Å². The first-order valence-corrected chi connectivity index (χ1v) is 9.84. The maximum atomic E-state index is 12.6. The Morgan fingerprint density at radius 3 is 2.46 bits per heavy atom. The Bertz CT molecular complexity index is 774. The molecule has 0 radical (unpaired) electrons. The van der Waals surface area contributed by atoms with Gasteiger partial charge in [-0.1, -0.05) is 31.2 Å². The van der Waals surface area contributed by atoms with E-state index in [4.69, 9.17) is 4.98 Å². The van der Waals surface area contributed by atoms with Crippen LogP contribution in [-0.4, -0.2) is 44.9 Å². The molecule has 0 bridgehead atoms. The highest BCUT2D eigenvalue weighted by Crippen LogP contribution is 2.27. The van der Waals surface area contributed by atoms with Gasteiger partial charge < -0.3 is 9.47 Å². The minimum Gasteiger partial charge on any atom is -0.337 e. The van der Waals surface area contributed by atoms with Gasteiger partial charge in [0.15, 0.2) is 0 Å². The van der Waals surface area contributed by atoms with E-state index in [9.17, 15) is 4.79 Å². The monoisotopic (exact) mass is 352 g/mol. The number of benzene rings is 1. The van der Waals surface area contributed by atoms with Gasteiger partial charge in [-0.3, -0.25) is 9.69 Å². The average molecular weight is 352 g/mol. The van der Waals surface area contributed by atoms with E-state index in [1.807, 2.05) is 11.1 Å². The molecule has 1 atom stereocenters. The number of aromatic nitrogens is 2. The van der Waals surface area contributed by atoms with Crippen LogP contribution in [0.3, 0.4) is 0 Å². The van der Waals surface area contributed by atoms with Crippen LogP contribution in [0.25, 0.3) is 0 Å². The Labute approximate surface area is 155 Å². The molecule has 1 amide bonds. The summed E-state index contributed by atoms with van der Waals surface area (Å²) in [7, 11) is 0. The second kappa shape index (κ2) is 7.23. The summed E-state index contributed by atoms with van der Waals surface area (Å²) in [6.07, 6.45) is 5.26. The standard InChI is InChI=1S/C21H28N4O/c1-3-17-6-8-18(9-7-17)14-24-12-13-25-15-19(22-20(25)16(24)2)21(26)23-10-4-5-11-23/h6-9,15-16H,3-5,10-14H2,1-2H3. The summed E-state index contributed by atoms with van der Waals surface area (Å²) in [5.41, 5.74) is 3.33. The maximum Gasteiger partial charge on any atom is 0.274 e. The van der Waals surface area contributed by atoms with Crippen molar-refractivity contribution in [3.63, 3.8) is 0 Å². The Balaban J connectivity index is 1.48. The zero-order valence-corrected chi connectivity index (χ0v) is 15.8. The minimum absolute atomic E-state index is 0.0957. The van der Waals surface area contributed by atoms with Gasteiger partial charge in [0, 0.05) is 38.9 Å². The van der Waals surface area contributed by atoms with E-state index in [-0.39, 0.29) is 11.9 Å². The number of hydrogen-bond acceptors (Lipinski definition) is 3. The Hall–Kier alpha value is -2.14. The Kier molecular flexibility index (Phi) is 4.81. The molecule has 2 aromatic rings. The fraction of sp³-hybridized carbons (Fsp3) is 0.524. The molecule has 3 heterocycles. The zero-order chi connectivity index (χ0) is 18.1. The summed E-state index contributed by atoms with van der Waals surface area (Å²) in [5, 5.41) is 0. The van der Waals surface area contributed by atoms with Crippen LogP contribution < -0.4 is 0 Å². The Morgan fingerprint density at radius 2 is 1.77 bits per heavy atom. The summed E-state index contributed by atoms with van der Waals surface area (Å²) in [5.74, 6) is 1.11. The topological polar surface area (TPSA) is 41.4 Å². The molecular weight excluding hydrogens is 324 g/mol. The zero-order valence-electron chi connectivity index (χ0n) is 15.8. The van der Waals surface area contributed by atoms with E-state index in [1.54, 1.807) is 0 Å². The number of nitrogens with zero attached hydrogens (tertiary/aromatic N) is 4. The van der Waals surface area contributed by atoms with E-state index in [1.165, 1.54) is 11.1 Å². The highest BCUT2D eigenvalue weighted by molar-refractivity contribution is 5.92. The van der Waals surface area contributed by atoms with Crippen LogP contribution in [0.1, 0.15) is 60.2 Å². The molecule has 4 rings (SSSR count). The van der Waals surface area contributed by atoms with Gasteiger partial charge in [0.05, 0.1) is 6.04 Å². The van der Waals surface area contributed by atoms with Crippen molar-refractivity contribution in [3.05, 3.63) is 53.1 Å². The molecule has 0 aliphatic carbocycles. The third-order valence-electron chi connectivity index (χ3n) is 5.79. The van der Waals surface area contributed by atoms with Crippen LogP contribution in [0.2, 0.25) is 0 Å². The lowest BCUT2D eigenvalue weighted by Gasteiger charge is -2.33. The quantitative estimate of drug-likeness (QED) is 0.848. The third kappa shape index (κ3) is 3.28. The Morgan fingerprint density at radius 1 is 1.08 bits per heavy atom. The van der Waals surface area contributed by atoms with Crippen molar-refractivity contribution >= 4 is 5.91 Å². The maximum absolute atomic E-state index is 12.6. The van der Waals surface area contributed by atoms with Crippen molar-refractivity contribution in [2.24, 2.45) is 0 Å². The van der Waals surface area contributed by atoms with E-state index in [0.29, 0.717) is 5.69 Å². The summed E-state index contributed by atoms with van der Waals surface area (Å²) < 4.78 is 2.17. The number of likely N-dealkylation sites (tertiary alicyclic amines) is 1. The number of rotatable bonds is 4. The summed E-state index contributed by atoms with van der Waals surface area (Å²) in [6.45, 7) is 8.93. The van der Waals surface area contributed by atoms with Crippen LogP contribution in [0, 0.1) is 0 Å².